The summed E-state index contributed by atoms with van der Waals surface area (Å²) in [6, 6.07) is 0. The second-order valence-corrected chi connectivity index (χ2v) is 7.00. The Labute approximate surface area is 146 Å². The van der Waals surface area contributed by atoms with Crippen molar-refractivity contribution in [1.29, 1.82) is 0 Å². The van der Waals surface area contributed by atoms with Crippen molar-refractivity contribution in [2.24, 2.45) is 17.8 Å². The van der Waals surface area contributed by atoms with Crippen LogP contribution in [-0.4, -0.2) is 40.5 Å². The summed E-state index contributed by atoms with van der Waals surface area (Å²) in [6.45, 7) is 13.3. The molecule has 3 fully saturated rings. The zero-order valence-electron chi connectivity index (χ0n) is 14.1. The van der Waals surface area contributed by atoms with Crippen LogP contribution in [0.15, 0.2) is 48.3 Å². The fourth-order valence-electron chi connectivity index (χ4n) is 4.15. The van der Waals surface area contributed by atoms with Gasteiger partial charge in [0.05, 0.1) is 23.9 Å². The predicted molar refractivity (Wildman–Crippen MR) is 89.3 cm³/mol. The first-order valence-corrected chi connectivity index (χ1v) is 8.22. The van der Waals surface area contributed by atoms with Gasteiger partial charge in [0.1, 0.15) is 12.2 Å². The highest BCUT2D eigenvalue weighted by Crippen LogP contribution is 2.52. The summed E-state index contributed by atoms with van der Waals surface area (Å²) in [4.78, 5) is 24.2. The molecule has 3 rings (SSSR count). The van der Waals surface area contributed by atoms with E-state index >= 15 is 0 Å². The lowest BCUT2D eigenvalue weighted by molar-refractivity contribution is -0.148. The highest BCUT2D eigenvalue weighted by molar-refractivity contribution is 5.91. The lowest BCUT2D eigenvalue weighted by Crippen LogP contribution is -2.36. The number of hydrogen-bond acceptors (Lipinski definition) is 6. The van der Waals surface area contributed by atoms with E-state index < -0.39 is 36.2 Å². The first-order chi connectivity index (χ1) is 11.8. The van der Waals surface area contributed by atoms with E-state index in [-0.39, 0.29) is 23.0 Å². The first-order valence-electron chi connectivity index (χ1n) is 8.22. The second-order valence-electron chi connectivity index (χ2n) is 7.00. The van der Waals surface area contributed by atoms with Gasteiger partial charge in [-0.25, -0.2) is 9.59 Å². The molecule has 2 saturated carbocycles. The van der Waals surface area contributed by atoms with E-state index in [9.17, 15) is 14.7 Å². The van der Waals surface area contributed by atoms with E-state index in [2.05, 4.69) is 19.7 Å². The number of aliphatic hydroxyl groups excluding tert-OH is 2. The number of aliphatic hydroxyl groups is 2. The summed E-state index contributed by atoms with van der Waals surface area (Å²) in [6.07, 6.45) is -0.448. The largest absolute Gasteiger partial charge is 0.515 e. The van der Waals surface area contributed by atoms with Crippen molar-refractivity contribution in [2.45, 2.75) is 38.1 Å². The van der Waals surface area contributed by atoms with Crippen molar-refractivity contribution in [1.82, 2.24) is 0 Å². The van der Waals surface area contributed by atoms with Crippen LogP contribution in [-0.2, 0) is 19.1 Å². The minimum atomic E-state index is -0.672. The maximum absolute atomic E-state index is 12.1. The molecule has 0 spiro atoms. The Morgan fingerprint density at radius 1 is 1.32 bits per heavy atom. The number of hydrogen-bond donors (Lipinski definition) is 2. The molecule has 25 heavy (non-hydrogen) atoms. The molecular weight excluding hydrogens is 324 g/mol. The van der Waals surface area contributed by atoms with Crippen LogP contribution in [0.25, 0.3) is 0 Å². The van der Waals surface area contributed by atoms with E-state index in [1.165, 1.54) is 6.92 Å². The Bertz CT molecular complexity index is 703. The maximum Gasteiger partial charge on any atom is 0.337 e. The Kier molecular flexibility index (Phi) is 4.33. The summed E-state index contributed by atoms with van der Waals surface area (Å²) < 4.78 is 11.1. The Hall–Kier alpha value is -2.34. The lowest BCUT2D eigenvalue weighted by Gasteiger charge is -2.28. The molecule has 6 nitrogen and oxygen atoms in total. The quantitative estimate of drug-likeness (QED) is 0.344. The van der Waals surface area contributed by atoms with Gasteiger partial charge < -0.3 is 19.7 Å². The van der Waals surface area contributed by atoms with Crippen LogP contribution in [0.2, 0.25) is 0 Å². The zero-order valence-corrected chi connectivity index (χ0v) is 14.1. The van der Waals surface area contributed by atoms with E-state index in [0.717, 1.165) is 5.57 Å². The maximum atomic E-state index is 12.1. The number of rotatable bonds is 2. The fourth-order valence-corrected chi connectivity index (χ4v) is 4.15. The number of carbonyl (C=O) groups excluding carboxylic acids is 2. The number of esters is 2. The Morgan fingerprint density at radius 3 is 2.64 bits per heavy atom. The number of fused-ring (bicyclic) bond motifs is 3. The van der Waals surface area contributed by atoms with Gasteiger partial charge in [0, 0.05) is 17.9 Å². The van der Waals surface area contributed by atoms with E-state index in [1.807, 2.05) is 0 Å². The second kappa shape index (κ2) is 6.19. The topological polar surface area (TPSA) is 93.1 Å². The van der Waals surface area contributed by atoms with Crippen LogP contribution in [0, 0.1) is 17.8 Å². The van der Waals surface area contributed by atoms with Crippen molar-refractivity contribution in [3.8, 4) is 0 Å². The smallest absolute Gasteiger partial charge is 0.337 e. The van der Waals surface area contributed by atoms with E-state index in [4.69, 9.17) is 14.6 Å². The lowest BCUT2D eigenvalue weighted by atomic mass is 9.81. The molecule has 0 aromatic rings. The van der Waals surface area contributed by atoms with Crippen molar-refractivity contribution in [2.75, 3.05) is 0 Å². The van der Waals surface area contributed by atoms with Crippen molar-refractivity contribution in [3.63, 3.8) is 0 Å². The molecule has 2 aliphatic carbocycles. The van der Waals surface area contributed by atoms with Gasteiger partial charge in [-0.3, -0.25) is 0 Å². The molecule has 0 bridgehead atoms. The van der Waals surface area contributed by atoms with Gasteiger partial charge in [0.15, 0.2) is 0 Å². The highest BCUT2D eigenvalue weighted by Gasteiger charge is 2.56. The molecule has 0 unspecified atom stereocenters. The van der Waals surface area contributed by atoms with Crippen molar-refractivity contribution < 1.29 is 29.3 Å². The summed E-state index contributed by atoms with van der Waals surface area (Å²) in [5, 5.41) is 19.2. The Morgan fingerprint density at radius 2 is 2.00 bits per heavy atom. The molecule has 1 saturated heterocycles. The summed E-state index contributed by atoms with van der Waals surface area (Å²) in [5.74, 6) is -2.08. The average Bonchev–Trinajstić information content (AvgIpc) is 2.99. The third kappa shape index (κ3) is 2.70. The molecule has 0 aromatic carbocycles. The highest BCUT2D eigenvalue weighted by atomic mass is 16.6. The summed E-state index contributed by atoms with van der Waals surface area (Å²) in [7, 11) is 0. The average molecular weight is 346 g/mol. The molecule has 1 aliphatic heterocycles. The van der Waals surface area contributed by atoms with Crippen molar-refractivity contribution >= 4 is 11.9 Å². The SMILES string of the molecule is C=C1C(=O)O[C@@H]2[C@@H]1[C@H](OC(=O)/C(C)=C/O)CC(=C)[C@H]1C[C@@H](O)C(=C)[C@@H]21. The van der Waals surface area contributed by atoms with Gasteiger partial charge >= 0.3 is 11.9 Å². The Balaban J connectivity index is 1.98. The van der Waals surface area contributed by atoms with Crippen LogP contribution < -0.4 is 0 Å². The van der Waals surface area contributed by atoms with Gasteiger partial charge in [0.2, 0.25) is 0 Å². The van der Waals surface area contributed by atoms with Gasteiger partial charge in [-0.1, -0.05) is 25.3 Å². The van der Waals surface area contributed by atoms with E-state index in [0.29, 0.717) is 24.7 Å². The number of carbonyl (C=O) groups is 2. The molecule has 6 atom stereocenters. The predicted octanol–water partition coefficient (Wildman–Crippen LogP) is 1.97. The molecule has 3 aliphatic rings. The molecule has 0 aromatic heterocycles. The molecule has 1 heterocycles. The molecule has 2 N–H and O–H groups in total. The van der Waals surface area contributed by atoms with Gasteiger partial charge in [-0.2, -0.15) is 0 Å². The van der Waals surface area contributed by atoms with Crippen LogP contribution in [0.1, 0.15) is 19.8 Å². The third-order valence-electron chi connectivity index (χ3n) is 5.54. The first kappa shape index (κ1) is 17.5. The van der Waals surface area contributed by atoms with Crippen LogP contribution >= 0.6 is 0 Å². The van der Waals surface area contributed by atoms with Crippen LogP contribution in [0.4, 0.5) is 0 Å². The normalized spacial score (nSPS) is 38.1. The van der Waals surface area contributed by atoms with Gasteiger partial charge in [-0.05, 0) is 24.8 Å². The number of ether oxygens (including phenoxy) is 2. The fraction of sp³-hybridized carbons (Fsp3) is 0.474. The summed E-state index contributed by atoms with van der Waals surface area (Å²) in [5.41, 5.74) is 1.74. The minimum Gasteiger partial charge on any atom is -0.515 e. The molecular formula is C19H22O6. The summed E-state index contributed by atoms with van der Waals surface area (Å²) >= 11 is 0. The minimum absolute atomic E-state index is 0.0577. The molecule has 134 valence electrons. The molecule has 6 heteroatoms. The standard InChI is InChI=1S/C19H22O6/c1-8-5-14(24-18(22)9(2)7-20)16-11(4)19(23)25-17(16)15-10(3)13(21)6-12(8)15/h7,12-17,20-21H,1,3-6H2,2H3/b9-7+/t12-,13-,14-,15-,16+,17+/m1/s1. The van der Waals surface area contributed by atoms with E-state index in [1.54, 1.807) is 0 Å². The molecule has 0 amide bonds. The zero-order chi connectivity index (χ0) is 18.5. The third-order valence-corrected chi connectivity index (χ3v) is 5.54. The molecule has 0 radical (unpaired) electrons. The van der Waals surface area contributed by atoms with Crippen molar-refractivity contribution in [3.05, 3.63) is 48.3 Å². The monoisotopic (exact) mass is 346 g/mol. The van der Waals surface area contributed by atoms with Crippen LogP contribution in [0.3, 0.4) is 0 Å². The van der Waals surface area contributed by atoms with Gasteiger partial charge in [-0.15, -0.1) is 0 Å². The van der Waals surface area contributed by atoms with Crippen LogP contribution in [0.5, 0.6) is 0 Å². The van der Waals surface area contributed by atoms with Gasteiger partial charge in [0.25, 0.3) is 0 Å².